The van der Waals surface area contributed by atoms with Gasteiger partial charge in [0.25, 0.3) is 0 Å². The summed E-state index contributed by atoms with van der Waals surface area (Å²) in [5.74, 6) is -0.337. The van der Waals surface area contributed by atoms with Crippen LogP contribution in [-0.4, -0.2) is 25.6 Å². The van der Waals surface area contributed by atoms with E-state index in [1.165, 1.54) is 0 Å². The van der Waals surface area contributed by atoms with Gasteiger partial charge in [-0.1, -0.05) is 12.1 Å². The molecule has 1 atom stereocenters. The summed E-state index contributed by atoms with van der Waals surface area (Å²) >= 11 is 0. The molecule has 20 heavy (non-hydrogen) atoms. The van der Waals surface area contributed by atoms with Gasteiger partial charge in [0.15, 0.2) is 9.84 Å². The molecular formula is C13H21ClN2O3S. The number of amides is 1. The molecule has 0 spiro atoms. The number of anilines is 1. The molecule has 0 bridgehead atoms. The highest BCUT2D eigenvalue weighted by atomic mass is 35.5. The van der Waals surface area contributed by atoms with E-state index in [2.05, 4.69) is 5.32 Å². The predicted octanol–water partition coefficient (Wildman–Crippen LogP) is 1.72. The van der Waals surface area contributed by atoms with Gasteiger partial charge in [0.1, 0.15) is 0 Å². The van der Waals surface area contributed by atoms with Crippen molar-refractivity contribution in [2.45, 2.75) is 37.8 Å². The van der Waals surface area contributed by atoms with Gasteiger partial charge in [0, 0.05) is 5.69 Å². The first kappa shape index (κ1) is 18.9. The fraction of sp³-hybridized carbons (Fsp3) is 0.462. The van der Waals surface area contributed by atoms with Crippen LogP contribution in [0.1, 0.15) is 26.3 Å². The van der Waals surface area contributed by atoms with Gasteiger partial charge in [0.2, 0.25) is 5.91 Å². The molecule has 3 N–H and O–H groups in total. The molecule has 0 unspecified atom stereocenters. The molecule has 0 aliphatic carbocycles. The average molecular weight is 321 g/mol. The van der Waals surface area contributed by atoms with Crippen LogP contribution in [0.5, 0.6) is 0 Å². The minimum atomic E-state index is -3.15. The SMILES string of the molecule is CC(C)S(=O)(=O)Cc1cccc(NC(=O)[C@@H](C)N)c1.Cl. The summed E-state index contributed by atoms with van der Waals surface area (Å²) in [5, 5.41) is 2.22. The highest BCUT2D eigenvalue weighted by Gasteiger charge is 2.17. The van der Waals surface area contributed by atoms with E-state index in [1.807, 2.05) is 0 Å². The number of halogens is 1. The Morgan fingerprint density at radius 2 is 1.90 bits per heavy atom. The van der Waals surface area contributed by atoms with Crippen molar-refractivity contribution in [3.63, 3.8) is 0 Å². The van der Waals surface area contributed by atoms with E-state index in [-0.39, 0.29) is 24.1 Å². The number of hydrogen-bond donors (Lipinski definition) is 2. The van der Waals surface area contributed by atoms with Gasteiger partial charge < -0.3 is 11.1 Å². The summed E-state index contributed by atoms with van der Waals surface area (Å²) in [4.78, 5) is 11.5. The van der Waals surface area contributed by atoms with Crippen LogP contribution in [0.15, 0.2) is 24.3 Å². The molecule has 1 aromatic rings. The molecule has 5 nitrogen and oxygen atoms in total. The minimum absolute atomic E-state index is 0. The first-order valence-corrected chi connectivity index (χ1v) is 7.81. The van der Waals surface area contributed by atoms with Crippen molar-refractivity contribution in [1.29, 1.82) is 0 Å². The first-order chi connectivity index (χ1) is 8.72. The van der Waals surface area contributed by atoms with Crippen LogP contribution in [0.3, 0.4) is 0 Å². The Morgan fingerprint density at radius 1 is 1.30 bits per heavy atom. The molecule has 7 heteroatoms. The Bertz CT molecular complexity index is 556. The van der Waals surface area contributed by atoms with Crippen LogP contribution in [0.2, 0.25) is 0 Å². The largest absolute Gasteiger partial charge is 0.325 e. The van der Waals surface area contributed by atoms with Crippen LogP contribution in [-0.2, 0) is 20.4 Å². The number of sulfone groups is 1. The third-order valence-corrected chi connectivity index (χ3v) is 4.87. The lowest BCUT2D eigenvalue weighted by molar-refractivity contribution is -0.117. The summed E-state index contributed by atoms with van der Waals surface area (Å²) in [7, 11) is -3.15. The van der Waals surface area contributed by atoms with Crippen LogP contribution < -0.4 is 11.1 Å². The lowest BCUT2D eigenvalue weighted by atomic mass is 10.2. The smallest absolute Gasteiger partial charge is 0.240 e. The Hall–Kier alpha value is -1.11. The maximum absolute atomic E-state index is 11.8. The third-order valence-electron chi connectivity index (χ3n) is 2.69. The van der Waals surface area contributed by atoms with Gasteiger partial charge in [-0.3, -0.25) is 4.79 Å². The topological polar surface area (TPSA) is 89.3 Å². The lowest BCUT2D eigenvalue weighted by Gasteiger charge is -2.11. The van der Waals surface area contributed by atoms with Crippen LogP contribution in [0.25, 0.3) is 0 Å². The van der Waals surface area contributed by atoms with E-state index in [0.717, 1.165) is 0 Å². The predicted molar refractivity (Wildman–Crippen MR) is 83.7 cm³/mol. The highest BCUT2D eigenvalue weighted by molar-refractivity contribution is 7.91. The van der Waals surface area contributed by atoms with E-state index in [9.17, 15) is 13.2 Å². The quantitative estimate of drug-likeness (QED) is 0.864. The number of carbonyl (C=O) groups is 1. The molecule has 114 valence electrons. The molecule has 0 aliphatic rings. The van der Waals surface area contributed by atoms with Gasteiger partial charge in [-0.15, -0.1) is 12.4 Å². The molecule has 1 amide bonds. The summed E-state index contributed by atoms with van der Waals surface area (Å²) in [6.07, 6.45) is 0. The van der Waals surface area contributed by atoms with E-state index in [1.54, 1.807) is 45.0 Å². The zero-order valence-electron chi connectivity index (χ0n) is 11.8. The normalized spacial score (nSPS) is 12.7. The number of nitrogens with two attached hydrogens (primary N) is 1. The molecule has 0 fully saturated rings. The number of benzene rings is 1. The van der Waals surface area contributed by atoms with Crippen molar-refractivity contribution in [1.82, 2.24) is 0 Å². The van der Waals surface area contributed by atoms with E-state index < -0.39 is 21.1 Å². The molecule has 0 saturated heterocycles. The summed E-state index contributed by atoms with van der Waals surface area (Å²) in [5.41, 5.74) is 6.66. The van der Waals surface area contributed by atoms with Crippen molar-refractivity contribution >= 4 is 33.8 Å². The Balaban J connectivity index is 0.00000361. The maximum atomic E-state index is 11.8. The maximum Gasteiger partial charge on any atom is 0.240 e. The first-order valence-electron chi connectivity index (χ1n) is 6.09. The number of carbonyl (C=O) groups excluding carboxylic acids is 1. The third kappa shape index (κ3) is 5.48. The van der Waals surface area contributed by atoms with Gasteiger partial charge >= 0.3 is 0 Å². The fourth-order valence-electron chi connectivity index (χ4n) is 1.39. The highest BCUT2D eigenvalue weighted by Crippen LogP contribution is 2.15. The van der Waals surface area contributed by atoms with Gasteiger partial charge in [0.05, 0.1) is 17.0 Å². The van der Waals surface area contributed by atoms with Gasteiger partial charge in [-0.25, -0.2) is 8.42 Å². The summed E-state index contributed by atoms with van der Waals surface area (Å²) < 4.78 is 23.7. The molecule has 0 saturated carbocycles. The van der Waals surface area contributed by atoms with E-state index in [0.29, 0.717) is 11.3 Å². The van der Waals surface area contributed by atoms with Crippen molar-refractivity contribution < 1.29 is 13.2 Å². The van der Waals surface area contributed by atoms with Crippen LogP contribution >= 0.6 is 12.4 Å². The standard InChI is InChI=1S/C13H20N2O3S.ClH/c1-9(2)19(17,18)8-11-5-4-6-12(7-11)15-13(16)10(3)14;/h4-7,9-10H,8,14H2,1-3H3,(H,15,16);1H/t10-;/m1./s1. The van der Waals surface area contributed by atoms with Crippen LogP contribution in [0.4, 0.5) is 5.69 Å². The molecule has 0 radical (unpaired) electrons. The number of rotatable bonds is 5. The molecule has 1 rings (SSSR count). The van der Waals surface area contributed by atoms with Gasteiger partial charge in [-0.2, -0.15) is 0 Å². The minimum Gasteiger partial charge on any atom is -0.325 e. The second kappa shape index (κ2) is 7.61. The molecule has 0 aliphatic heterocycles. The lowest BCUT2D eigenvalue weighted by Crippen LogP contribution is -2.32. The zero-order chi connectivity index (χ0) is 14.6. The van der Waals surface area contributed by atoms with Crippen molar-refractivity contribution in [2.75, 3.05) is 5.32 Å². The zero-order valence-corrected chi connectivity index (χ0v) is 13.4. The Labute approximate surface area is 126 Å². The summed E-state index contributed by atoms with van der Waals surface area (Å²) in [6, 6.07) is 6.18. The van der Waals surface area contributed by atoms with Crippen molar-refractivity contribution in [2.24, 2.45) is 5.73 Å². The molecule has 0 aromatic heterocycles. The van der Waals surface area contributed by atoms with Crippen LogP contribution in [0, 0.1) is 0 Å². The van der Waals surface area contributed by atoms with Crippen molar-refractivity contribution in [3.8, 4) is 0 Å². The van der Waals surface area contributed by atoms with Gasteiger partial charge in [-0.05, 0) is 38.5 Å². The molecule has 1 aromatic carbocycles. The second-order valence-corrected chi connectivity index (χ2v) is 7.39. The monoisotopic (exact) mass is 320 g/mol. The summed E-state index contributed by atoms with van der Waals surface area (Å²) in [6.45, 7) is 4.89. The fourth-order valence-corrected chi connectivity index (χ4v) is 2.37. The molecular weight excluding hydrogens is 300 g/mol. The number of nitrogens with one attached hydrogen (secondary N) is 1. The Morgan fingerprint density at radius 3 is 2.40 bits per heavy atom. The van der Waals surface area contributed by atoms with Crippen molar-refractivity contribution in [3.05, 3.63) is 29.8 Å². The van der Waals surface area contributed by atoms with E-state index >= 15 is 0 Å². The van der Waals surface area contributed by atoms with E-state index in [4.69, 9.17) is 5.73 Å². The Kier molecular flexibility index (Phi) is 7.19. The average Bonchev–Trinajstić information content (AvgIpc) is 2.28. The number of hydrogen-bond acceptors (Lipinski definition) is 4. The molecule has 0 heterocycles. The second-order valence-electron chi connectivity index (χ2n) is 4.83.